The average molecular weight is 195 g/mol. The smallest absolute Gasteiger partial charge is 0.303 e. The Labute approximate surface area is 84.4 Å². The third-order valence-electron chi connectivity index (χ3n) is 2.40. The second kappa shape index (κ2) is 5.47. The monoisotopic (exact) mass is 195 g/mol. The second-order valence-electron chi connectivity index (χ2n) is 3.75. The molecule has 1 aromatic rings. The predicted molar refractivity (Wildman–Crippen MR) is 55.1 cm³/mol. The molecule has 0 fully saturated rings. The first kappa shape index (κ1) is 10.8. The van der Waals surface area contributed by atoms with E-state index in [2.05, 4.69) is 11.5 Å². The molecule has 1 N–H and O–H groups in total. The van der Waals surface area contributed by atoms with Gasteiger partial charge in [-0.2, -0.15) is 0 Å². The second-order valence-corrected chi connectivity index (χ2v) is 3.75. The van der Waals surface area contributed by atoms with Crippen molar-refractivity contribution in [2.75, 3.05) is 0 Å². The van der Waals surface area contributed by atoms with E-state index in [0.29, 0.717) is 5.92 Å². The van der Waals surface area contributed by atoms with Gasteiger partial charge in [0.05, 0.1) is 0 Å². The molecule has 0 amide bonds. The summed E-state index contributed by atoms with van der Waals surface area (Å²) in [5.74, 6) is -0.216. The molecular weight excluding hydrogens is 178 g/mol. The number of carbonyl (C=O) groups is 1. The van der Waals surface area contributed by atoms with Gasteiger partial charge in [0.2, 0.25) is 0 Å². The van der Waals surface area contributed by atoms with Gasteiger partial charge >= 0.3 is 5.97 Å². The van der Waals surface area contributed by atoms with Crippen LogP contribution in [0, 0.1) is 5.92 Å². The van der Waals surface area contributed by atoms with Crippen LogP contribution in [0.5, 0.6) is 0 Å². The van der Waals surface area contributed by atoms with Gasteiger partial charge in [0.15, 0.2) is 0 Å². The van der Waals surface area contributed by atoms with Crippen LogP contribution in [0.4, 0.5) is 0 Å². The van der Waals surface area contributed by atoms with Gasteiger partial charge in [-0.15, -0.1) is 0 Å². The van der Waals surface area contributed by atoms with Crippen molar-refractivity contribution in [3.05, 3.63) is 24.5 Å². The number of hydrogen-bond donors (Lipinski definition) is 1. The normalized spacial score (nSPS) is 12.6. The Morgan fingerprint density at radius 2 is 2.00 bits per heavy atom. The minimum Gasteiger partial charge on any atom is -0.481 e. The fraction of sp³-hybridized carbons (Fsp3) is 0.545. The lowest BCUT2D eigenvalue weighted by molar-refractivity contribution is -0.137. The maximum Gasteiger partial charge on any atom is 0.303 e. The van der Waals surface area contributed by atoms with E-state index in [4.69, 9.17) is 5.11 Å². The molecule has 0 spiro atoms. The van der Waals surface area contributed by atoms with Crippen LogP contribution >= 0.6 is 0 Å². The van der Waals surface area contributed by atoms with Crippen LogP contribution in [-0.2, 0) is 11.3 Å². The van der Waals surface area contributed by atoms with E-state index in [1.807, 2.05) is 24.5 Å². The van der Waals surface area contributed by atoms with E-state index >= 15 is 0 Å². The SMILES string of the molecule is C[C@@H](CCC(=O)O)CCn1cccc1. The van der Waals surface area contributed by atoms with E-state index in [-0.39, 0.29) is 6.42 Å². The summed E-state index contributed by atoms with van der Waals surface area (Å²) >= 11 is 0. The maximum atomic E-state index is 10.3. The average Bonchev–Trinajstić information content (AvgIpc) is 2.63. The van der Waals surface area contributed by atoms with Crippen LogP contribution in [0.1, 0.15) is 26.2 Å². The molecule has 0 unspecified atom stereocenters. The van der Waals surface area contributed by atoms with Crippen molar-refractivity contribution in [3.8, 4) is 0 Å². The molecule has 0 saturated carbocycles. The third kappa shape index (κ3) is 4.12. The maximum absolute atomic E-state index is 10.3. The van der Waals surface area contributed by atoms with Gasteiger partial charge in [-0.25, -0.2) is 0 Å². The fourth-order valence-corrected chi connectivity index (χ4v) is 1.40. The minimum absolute atomic E-state index is 0.285. The van der Waals surface area contributed by atoms with Gasteiger partial charge in [0, 0.05) is 25.4 Å². The standard InChI is InChI=1S/C11H17NO2/c1-10(4-5-11(13)14)6-9-12-7-2-3-8-12/h2-3,7-8,10H,4-6,9H2,1H3,(H,13,14)/t10-/m0/s1. The van der Waals surface area contributed by atoms with Crippen molar-refractivity contribution in [3.63, 3.8) is 0 Å². The van der Waals surface area contributed by atoms with Crippen molar-refractivity contribution in [2.24, 2.45) is 5.92 Å². The lowest BCUT2D eigenvalue weighted by Gasteiger charge is -2.10. The lowest BCUT2D eigenvalue weighted by Crippen LogP contribution is -2.04. The van der Waals surface area contributed by atoms with E-state index in [1.54, 1.807) is 0 Å². The molecule has 78 valence electrons. The molecule has 1 atom stereocenters. The molecule has 0 saturated heterocycles. The summed E-state index contributed by atoms with van der Waals surface area (Å²) in [4.78, 5) is 10.3. The zero-order valence-corrected chi connectivity index (χ0v) is 8.52. The number of carboxylic acid groups (broad SMARTS) is 1. The van der Waals surface area contributed by atoms with Crippen LogP contribution in [-0.4, -0.2) is 15.6 Å². The molecule has 0 aromatic carbocycles. The number of hydrogen-bond acceptors (Lipinski definition) is 1. The molecule has 14 heavy (non-hydrogen) atoms. The first-order valence-electron chi connectivity index (χ1n) is 5.01. The third-order valence-corrected chi connectivity index (χ3v) is 2.40. The van der Waals surface area contributed by atoms with Crippen LogP contribution in [0.2, 0.25) is 0 Å². The van der Waals surface area contributed by atoms with Crippen LogP contribution in [0.15, 0.2) is 24.5 Å². The molecule has 3 heteroatoms. The number of rotatable bonds is 6. The summed E-state index contributed by atoms with van der Waals surface area (Å²) in [6.07, 6.45) is 6.17. The van der Waals surface area contributed by atoms with Gasteiger partial charge in [-0.3, -0.25) is 4.79 Å². The lowest BCUT2D eigenvalue weighted by atomic mass is 10.0. The van der Waals surface area contributed by atoms with Crippen LogP contribution < -0.4 is 0 Å². The van der Waals surface area contributed by atoms with Crippen LogP contribution in [0.3, 0.4) is 0 Å². The number of nitrogens with zero attached hydrogens (tertiary/aromatic N) is 1. The summed E-state index contributed by atoms with van der Waals surface area (Å²) in [5, 5.41) is 8.51. The van der Waals surface area contributed by atoms with E-state index < -0.39 is 5.97 Å². The Bertz CT molecular complexity index is 267. The Balaban J connectivity index is 2.15. The summed E-state index contributed by atoms with van der Waals surface area (Å²) in [5.41, 5.74) is 0. The molecular formula is C11H17NO2. The first-order chi connectivity index (χ1) is 6.68. The molecule has 0 aliphatic heterocycles. The van der Waals surface area contributed by atoms with Crippen LogP contribution in [0.25, 0.3) is 0 Å². The highest BCUT2D eigenvalue weighted by molar-refractivity contribution is 5.66. The van der Waals surface area contributed by atoms with Gasteiger partial charge in [0.25, 0.3) is 0 Å². The first-order valence-corrected chi connectivity index (χ1v) is 5.01. The summed E-state index contributed by atoms with van der Waals surface area (Å²) in [6, 6.07) is 4.00. The van der Waals surface area contributed by atoms with Crippen molar-refractivity contribution < 1.29 is 9.90 Å². The molecule has 0 radical (unpaired) electrons. The number of carboxylic acids is 1. The Hall–Kier alpha value is -1.25. The molecule has 0 bridgehead atoms. The molecule has 1 rings (SSSR count). The number of aromatic nitrogens is 1. The van der Waals surface area contributed by atoms with Gasteiger partial charge in [0.1, 0.15) is 0 Å². The van der Waals surface area contributed by atoms with Crippen molar-refractivity contribution in [1.82, 2.24) is 4.57 Å². The van der Waals surface area contributed by atoms with E-state index in [1.165, 1.54) is 0 Å². The fourth-order valence-electron chi connectivity index (χ4n) is 1.40. The molecule has 3 nitrogen and oxygen atoms in total. The summed E-state index contributed by atoms with van der Waals surface area (Å²) < 4.78 is 2.12. The van der Waals surface area contributed by atoms with Gasteiger partial charge in [-0.1, -0.05) is 6.92 Å². The van der Waals surface area contributed by atoms with E-state index in [9.17, 15) is 4.79 Å². The highest BCUT2D eigenvalue weighted by atomic mass is 16.4. The highest BCUT2D eigenvalue weighted by Gasteiger charge is 2.05. The van der Waals surface area contributed by atoms with E-state index in [0.717, 1.165) is 19.4 Å². The number of aryl methyl sites for hydroxylation is 1. The topological polar surface area (TPSA) is 42.2 Å². The quantitative estimate of drug-likeness (QED) is 0.757. The molecule has 1 heterocycles. The van der Waals surface area contributed by atoms with Gasteiger partial charge < -0.3 is 9.67 Å². The molecule has 1 aromatic heterocycles. The predicted octanol–water partition coefficient (Wildman–Crippen LogP) is 2.38. The van der Waals surface area contributed by atoms with Crippen molar-refractivity contribution in [1.29, 1.82) is 0 Å². The zero-order valence-electron chi connectivity index (χ0n) is 8.52. The summed E-state index contributed by atoms with van der Waals surface area (Å²) in [6.45, 7) is 3.08. The molecule has 0 aliphatic carbocycles. The highest BCUT2D eigenvalue weighted by Crippen LogP contribution is 2.11. The molecule has 0 aliphatic rings. The van der Waals surface area contributed by atoms with Crippen molar-refractivity contribution in [2.45, 2.75) is 32.7 Å². The number of aliphatic carboxylic acids is 1. The minimum atomic E-state index is -0.696. The summed E-state index contributed by atoms with van der Waals surface area (Å²) in [7, 11) is 0. The Morgan fingerprint density at radius 1 is 1.36 bits per heavy atom. The zero-order chi connectivity index (χ0) is 10.4. The Kier molecular flexibility index (Phi) is 4.23. The Morgan fingerprint density at radius 3 is 2.57 bits per heavy atom. The van der Waals surface area contributed by atoms with Crippen molar-refractivity contribution >= 4 is 5.97 Å². The largest absolute Gasteiger partial charge is 0.481 e. The van der Waals surface area contributed by atoms with Gasteiger partial charge in [-0.05, 0) is 30.9 Å².